The number of nitrogens with zero attached hydrogens (tertiary/aromatic N) is 4. The number of ether oxygens (including phenoxy) is 1. The number of amides is 1. The lowest BCUT2D eigenvalue weighted by atomic mass is 10.2. The van der Waals surface area contributed by atoms with Crippen LogP contribution in [0.15, 0.2) is 64.0 Å². The second-order valence-electron chi connectivity index (χ2n) is 6.49. The summed E-state index contributed by atoms with van der Waals surface area (Å²) < 4.78 is 45.1. The van der Waals surface area contributed by atoms with E-state index in [1.165, 1.54) is 29.7 Å². The molecular formula is C21H20F3N5O2S2. The molecule has 12 heteroatoms. The van der Waals surface area contributed by atoms with Crippen molar-refractivity contribution in [3.63, 3.8) is 0 Å². The first-order chi connectivity index (χ1) is 15.9. The highest BCUT2D eigenvalue weighted by atomic mass is 32.2. The van der Waals surface area contributed by atoms with Gasteiger partial charge in [0.1, 0.15) is 0 Å². The van der Waals surface area contributed by atoms with Gasteiger partial charge in [0.25, 0.3) is 5.91 Å². The van der Waals surface area contributed by atoms with E-state index in [-0.39, 0.29) is 11.4 Å². The van der Waals surface area contributed by atoms with Crippen LogP contribution in [-0.2, 0) is 15.7 Å². The van der Waals surface area contributed by atoms with Crippen LogP contribution in [-0.4, -0.2) is 48.3 Å². The lowest BCUT2D eigenvalue weighted by molar-refractivity contribution is -0.137. The predicted molar refractivity (Wildman–Crippen MR) is 124 cm³/mol. The van der Waals surface area contributed by atoms with Crippen molar-refractivity contribution >= 4 is 46.0 Å². The number of hydrogen-bond donors (Lipinski definition) is 1. The number of anilines is 2. The molecule has 3 aromatic rings. The third-order valence-electron chi connectivity index (χ3n) is 4.08. The molecular weight excluding hydrogens is 475 g/mol. The van der Waals surface area contributed by atoms with Gasteiger partial charge in [-0.3, -0.25) is 4.79 Å². The summed E-state index contributed by atoms with van der Waals surface area (Å²) in [4.78, 5) is 13.0. The highest BCUT2D eigenvalue weighted by Crippen LogP contribution is 2.32. The van der Waals surface area contributed by atoms with E-state index in [1.54, 1.807) is 31.4 Å². The normalized spacial score (nSPS) is 11.6. The molecule has 7 nitrogen and oxygen atoms in total. The van der Waals surface area contributed by atoms with E-state index in [4.69, 9.17) is 4.74 Å². The van der Waals surface area contributed by atoms with Gasteiger partial charge in [-0.1, -0.05) is 59.5 Å². The number of carbonyl (C=O) groups is 1. The second-order valence-corrected chi connectivity index (χ2v) is 8.69. The Labute approximate surface area is 196 Å². The van der Waals surface area contributed by atoms with Gasteiger partial charge in [0, 0.05) is 13.7 Å². The Morgan fingerprint density at radius 1 is 1.21 bits per heavy atom. The van der Waals surface area contributed by atoms with Crippen LogP contribution in [0.5, 0.6) is 0 Å². The monoisotopic (exact) mass is 495 g/mol. The largest absolute Gasteiger partial charge is 0.416 e. The maximum absolute atomic E-state index is 13.2. The first-order valence-electron chi connectivity index (χ1n) is 9.65. The first-order valence-corrected chi connectivity index (χ1v) is 11.5. The molecule has 0 unspecified atom stereocenters. The van der Waals surface area contributed by atoms with Gasteiger partial charge in [0.05, 0.1) is 29.8 Å². The molecule has 3 rings (SSSR count). The predicted octanol–water partition coefficient (Wildman–Crippen LogP) is 4.77. The topological polar surface area (TPSA) is 79.7 Å². The minimum atomic E-state index is -4.54. The molecule has 174 valence electrons. The van der Waals surface area contributed by atoms with E-state index in [0.29, 0.717) is 28.2 Å². The molecule has 1 N–H and O–H groups in total. The van der Waals surface area contributed by atoms with Crippen LogP contribution >= 0.6 is 23.1 Å². The standard InChI is InChI=1S/C21H20F3N5O2S2/c1-31-11-10-25-19-27-28-20(33-19)32-14-18(30)29(26-13-15-6-3-2-4-7-15)17-9-5-8-16(12-17)21(22,23)24/h2-9,12-13H,10-11,14H2,1H3,(H,25,27)/b26-13+. The van der Waals surface area contributed by atoms with E-state index < -0.39 is 17.6 Å². The summed E-state index contributed by atoms with van der Waals surface area (Å²) >= 11 is 2.39. The fourth-order valence-electron chi connectivity index (χ4n) is 2.54. The van der Waals surface area contributed by atoms with E-state index in [9.17, 15) is 18.0 Å². The van der Waals surface area contributed by atoms with Crippen molar-refractivity contribution in [3.8, 4) is 0 Å². The minimum Gasteiger partial charge on any atom is -0.383 e. The van der Waals surface area contributed by atoms with Gasteiger partial charge in [0.2, 0.25) is 5.13 Å². The lowest BCUT2D eigenvalue weighted by Crippen LogP contribution is -2.27. The lowest BCUT2D eigenvalue weighted by Gasteiger charge is -2.18. The van der Waals surface area contributed by atoms with Gasteiger partial charge in [-0.2, -0.15) is 18.3 Å². The minimum absolute atomic E-state index is 0.0155. The van der Waals surface area contributed by atoms with Crippen LogP contribution in [0.1, 0.15) is 11.1 Å². The van der Waals surface area contributed by atoms with Crippen LogP contribution in [0.3, 0.4) is 0 Å². The zero-order valence-electron chi connectivity index (χ0n) is 17.5. The molecule has 0 fully saturated rings. The first kappa shape index (κ1) is 24.7. The van der Waals surface area contributed by atoms with Crippen LogP contribution in [0.25, 0.3) is 0 Å². The molecule has 0 saturated carbocycles. The van der Waals surface area contributed by atoms with Crippen molar-refractivity contribution in [2.75, 3.05) is 36.3 Å². The molecule has 0 atom stereocenters. The highest BCUT2D eigenvalue weighted by Gasteiger charge is 2.31. The van der Waals surface area contributed by atoms with Gasteiger partial charge < -0.3 is 10.1 Å². The molecule has 0 aliphatic heterocycles. The van der Waals surface area contributed by atoms with Gasteiger partial charge in [-0.15, -0.1) is 10.2 Å². The third-order valence-corrected chi connectivity index (χ3v) is 6.08. The number of rotatable bonds is 10. The number of nitrogens with one attached hydrogen (secondary N) is 1. The summed E-state index contributed by atoms with van der Waals surface area (Å²) in [5, 5.41) is 16.8. The number of benzene rings is 2. The molecule has 1 heterocycles. The summed E-state index contributed by atoms with van der Waals surface area (Å²) in [6.45, 7) is 1.07. The Kier molecular flexibility index (Phi) is 8.80. The van der Waals surface area contributed by atoms with Gasteiger partial charge in [-0.05, 0) is 23.8 Å². The molecule has 0 aliphatic carbocycles. The van der Waals surface area contributed by atoms with E-state index in [2.05, 4.69) is 20.6 Å². The molecule has 1 aromatic heterocycles. The van der Waals surface area contributed by atoms with Crippen LogP contribution < -0.4 is 10.3 Å². The maximum Gasteiger partial charge on any atom is 0.416 e. The zero-order chi connectivity index (χ0) is 23.7. The summed E-state index contributed by atoms with van der Waals surface area (Å²) in [6, 6.07) is 13.4. The number of carbonyl (C=O) groups excluding carboxylic acids is 1. The average Bonchev–Trinajstić information content (AvgIpc) is 3.26. The maximum atomic E-state index is 13.2. The molecule has 0 saturated heterocycles. The Morgan fingerprint density at radius 3 is 2.73 bits per heavy atom. The van der Waals surface area contributed by atoms with Gasteiger partial charge in [-0.25, -0.2) is 5.01 Å². The molecule has 0 bridgehead atoms. The quantitative estimate of drug-likeness (QED) is 0.189. The number of hydrogen-bond acceptors (Lipinski definition) is 8. The van der Waals surface area contributed by atoms with Gasteiger partial charge in [0.15, 0.2) is 4.34 Å². The molecule has 2 aromatic carbocycles. The Bertz CT molecular complexity index is 1080. The van der Waals surface area contributed by atoms with Crippen molar-refractivity contribution in [1.29, 1.82) is 0 Å². The smallest absolute Gasteiger partial charge is 0.383 e. The van der Waals surface area contributed by atoms with Crippen molar-refractivity contribution in [1.82, 2.24) is 10.2 Å². The zero-order valence-corrected chi connectivity index (χ0v) is 19.1. The fraction of sp³-hybridized carbons (Fsp3) is 0.238. The second kappa shape index (κ2) is 11.8. The van der Waals surface area contributed by atoms with Crippen molar-refractivity contribution in [3.05, 3.63) is 65.7 Å². The van der Waals surface area contributed by atoms with E-state index >= 15 is 0 Å². The third kappa shape index (κ3) is 7.55. The Hall–Kier alpha value is -2.96. The highest BCUT2D eigenvalue weighted by molar-refractivity contribution is 8.01. The van der Waals surface area contributed by atoms with Crippen molar-refractivity contribution in [2.45, 2.75) is 10.5 Å². The number of alkyl halides is 3. The summed E-state index contributed by atoms with van der Waals surface area (Å²) in [7, 11) is 1.59. The SMILES string of the molecule is COCCNc1nnc(SCC(=O)N(/N=C/c2ccccc2)c2cccc(C(F)(F)F)c2)s1. The number of thioether (sulfide) groups is 1. The summed E-state index contributed by atoms with van der Waals surface area (Å²) in [6.07, 6.45) is -3.12. The average molecular weight is 496 g/mol. The van der Waals surface area contributed by atoms with Crippen LogP contribution in [0.4, 0.5) is 24.0 Å². The van der Waals surface area contributed by atoms with E-state index in [1.807, 2.05) is 6.07 Å². The van der Waals surface area contributed by atoms with Crippen LogP contribution in [0.2, 0.25) is 0 Å². The van der Waals surface area contributed by atoms with E-state index in [0.717, 1.165) is 28.9 Å². The summed E-state index contributed by atoms with van der Waals surface area (Å²) in [5.74, 6) is -0.592. The number of methoxy groups -OCH3 is 1. The summed E-state index contributed by atoms with van der Waals surface area (Å²) in [5.41, 5.74) is -0.149. The van der Waals surface area contributed by atoms with Crippen LogP contribution in [0, 0.1) is 0 Å². The molecule has 0 radical (unpaired) electrons. The molecule has 1 amide bonds. The molecule has 33 heavy (non-hydrogen) atoms. The molecule has 0 aliphatic rings. The Morgan fingerprint density at radius 2 is 2.00 bits per heavy atom. The van der Waals surface area contributed by atoms with Gasteiger partial charge >= 0.3 is 6.18 Å². The number of halogens is 3. The molecule has 0 spiro atoms. The van der Waals surface area contributed by atoms with Crippen molar-refractivity contribution in [2.24, 2.45) is 5.10 Å². The Balaban J connectivity index is 1.76. The van der Waals surface area contributed by atoms with Crippen molar-refractivity contribution < 1.29 is 22.7 Å². The number of hydrazone groups is 1. The number of aromatic nitrogens is 2. The fourth-order valence-corrected chi connectivity index (χ4v) is 4.16.